The van der Waals surface area contributed by atoms with E-state index in [1.807, 2.05) is 36.4 Å². The summed E-state index contributed by atoms with van der Waals surface area (Å²) in [4.78, 5) is 26.4. The smallest absolute Gasteiger partial charge is 0.285 e. The van der Waals surface area contributed by atoms with Gasteiger partial charge in [0.05, 0.1) is 12.0 Å². The van der Waals surface area contributed by atoms with Crippen LogP contribution in [-0.2, 0) is 11.3 Å². The third kappa shape index (κ3) is 4.53. The second-order valence-corrected chi connectivity index (χ2v) is 9.95. The van der Waals surface area contributed by atoms with Crippen LogP contribution in [0.3, 0.4) is 0 Å². The molecule has 0 atom stereocenters. The van der Waals surface area contributed by atoms with Gasteiger partial charge in [0.25, 0.3) is 11.8 Å². The molecule has 8 heteroatoms. The summed E-state index contributed by atoms with van der Waals surface area (Å²) < 4.78 is 7.66. The number of benzene rings is 3. The predicted molar refractivity (Wildman–Crippen MR) is 148 cm³/mol. The van der Waals surface area contributed by atoms with Crippen molar-refractivity contribution in [2.75, 3.05) is 7.11 Å². The number of para-hydroxylation sites is 1. The standard InChI is InChI=1S/C28H23N3O3S2/c1-18-23(22-10-6-7-11-24(22)30(18)17-19-8-4-3-5-9-19)16-25-27(33)31(28(35)36-25)29-26(32)20-12-14-21(34-2)15-13-20/h3-16H,17H2,1-2H3,(H,29,32)/b25-16-. The Hall–Kier alpha value is -3.88. The molecule has 1 saturated heterocycles. The van der Waals surface area contributed by atoms with E-state index in [1.165, 1.54) is 17.3 Å². The topological polar surface area (TPSA) is 63.6 Å². The van der Waals surface area contributed by atoms with Gasteiger partial charge < -0.3 is 9.30 Å². The summed E-state index contributed by atoms with van der Waals surface area (Å²) in [6, 6.07) is 25.1. The van der Waals surface area contributed by atoms with Gasteiger partial charge in [0.2, 0.25) is 0 Å². The Bertz CT molecular complexity index is 1510. The lowest BCUT2D eigenvalue weighted by atomic mass is 10.1. The molecule has 1 aromatic heterocycles. The zero-order valence-electron chi connectivity index (χ0n) is 19.7. The molecule has 0 aliphatic carbocycles. The Balaban J connectivity index is 1.44. The number of carbonyl (C=O) groups is 2. The van der Waals surface area contributed by atoms with Gasteiger partial charge in [-0.3, -0.25) is 15.0 Å². The Labute approximate surface area is 218 Å². The zero-order chi connectivity index (χ0) is 25.2. The molecular formula is C28H23N3O3S2. The predicted octanol–water partition coefficient (Wildman–Crippen LogP) is 5.55. The fourth-order valence-electron chi connectivity index (χ4n) is 4.21. The summed E-state index contributed by atoms with van der Waals surface area (Å²) in [5.74, 6) is -0.140. The maximum atomic E-state index is 13.2. The number of ether oxygens (including phenoxy) is 1. The molecule has 3 aromatic carbocycles. The first-order valence-corrected chi connectivity index (χ1v) is 12.5. The van der Waals surface area contributed by atoms with Crippen LogP contribution in [0.25, 0.3) is 17.0 Å². The second-order valence-electron chi connectivity index (χ2n) is 8.27. The van der Waals surface area contributed by atoms with Gasteiger partial charge in [-0.25, -0.2) is 0 Å². The average Bonchev–Trinajstić information content (AvgIpc) is 3.32. The highest BCUT2D eigenvalue weighted by molar-refractivity contribution is 8.26. The molecule has 2 heterocycles. The van der Waals surface area contributed by atoms with Gasteiger partial charge in [0.1, 0.15) is 5.75 Å². The summed E-state index contributed by atoms with van der Waals surface area (Å²) in [7, 11) is 1.56. The number of rotatable bonds is 6. The fourth-order valence-corrected chi connectivity index (χ4v) is 5.37. The lowest BCUT2D eigenvalue weighted by Crippen LogP contribution is -2.44. The third-order valence-corrected chi connectivity index (χ3v) is 7.40. The Kier molecular flexibility index (Phi) is 6.63. The van der Waals surface area contributed by atoms with Crippen LogP contribution in [0, 0.1) is 6.92 Å². The van der Waals surface area contributed by atoms with Crippen LogP contribution >= 0.6 is 24.0 Å². The van der Waals surface area contributed by atoms with Gasteiger partial charge in [-0.05, 0) is 61.1 Å². The summed E-state index contributed by atoms with van der Waals surface area (Å²) in [5.41, 5.74) is 7.33. The van der Waals surface area contributed by atoms with Gasteiger partial charge in [-0.2, -0.15) is 5.01 Å². The minimum atomic E-state index is -0.425. The minimum absolute atomic E-state index is 0.277. The van der Waals surface area contributed by atoms with E-state index in [4.69, 9.17) is 17.0 Å². The first kappa shape index (κ1) is 23.8. The van der Waals surface area contributed by atoms with E-state index in [1.54, 1.807) is 31.4 Å². The third-order valence-electron chi connectivity index (χ3n) is 6.10. The van der Waals surface area contributed by atoms with Crippen molar-refractivity contribution >= 4 is 57.1 Å². The molecular weight excluding hydrogens is 490 g/mol. The van der Waals surface area contributed by atoms with Crippen molar-refractivity contribution in [1.29, 1.82) is 0 Å². The summed E-state index contributed by atoms with van der Waals surface area (Å²) >= 11 is 6.60. The highest BCUT2D eigenvalue weighted by Crippen LogP contribution is 2.35. The lowest BCUT2D eigenvalue weighted by molar-refractivity contribution is -0.123. The van der Waals surface area contributed by atoms with Crippen LogP contribution in [0.15, 0.2) is 83.8 Å². The molecule has 0 spiro atoms. The normalized spacial score (nSPS) is 14.6. The Morgan fingerprint density at radius 3 is 2.44 bits per heavy atom. The summed E-state index contributed by atoms with van der Waals surface area (Å²) in [6.07, 6.45) is 1.87. The molecule has 0 unspecified atom stereocenters. The number of hydrogen-bond donors (Lipinski definition) is 1. The van der Waals surface area contributed by atoms with Crippen LogP contribution in [0.5, 0.6) is 5.75 Å². The molecule has 0 bridgehead atoms. The van der Waals surface area contributed by atoms with Crippen molar-refractivity contribution in [1.82, 2.24) is 15.0 Å². The number of amides is 2. The quantitative estimate of drug-likeness (QED) is 0.270. The Morgan fingerprint density at radius 2 is 1.72 bits per heavy atom. The zero-order valence-corrected chi connectivity index (χ0v) is 21.4. The highest BCUT2D eigenvalue weighted by atomic mass is 32.2. The van der Waals surface area contributed by atoms with Gasteiger partial charge in [0.15, 0.2) is 4.32 Å². The van der Waals surface area contributed by atoms with Crippen LogP contribution in [0.4, 0.5) is 0 Å². The van der Waals surface area contributed by atoms with Gasteiger partial charge in [-0.1, -0.05) is 60.3 Å². The molecule has 1 aliphatic rings. The van der Waals surface area contributed by atoms with Gasteiger partial charge in [-0.15, -0.1) is 0 Å². The van der Waals surface area contributed by atoms with Crippen molar-refractivity contribution in [3.05, 3.63) is 106 Å². The number of nitrogens with one attached hydrogen (secondary N) is 1. The van der Waals surface area contributed by atoms with E-state index < -0.39 is 5.91 Å². The summed E-state index contributed by atoms with van der Waals surface area (Å²) in [6.45, 7) is 2.78. The largest absolute Gasteiger partial charge is 0.497 e. The van der Waals surface area contributed by atoms with Crippen molar-refractivity contribution in [3.63, 3.8) is 0 Å². The van der Waals surface area contributed by atoms with Crippen LogP contribution in [0.1, 0.15) is 27.2 Å². The lowest BCUT2D eigenvalue weighted by Gasteiger charge is -2.15. The fraction of sp³-hybridized carbons (Fsp3) is 0.107. The minimum Gasteiger partial charge on any atom is -0.497 e. The highest BCUT2D eigenvalue weighted by Gasteiger charge is 2.34. The molecule has 180 valence electrons. The van der Waals surface area contributed by atoms with E-state index in [9.17, 15) is 9.59 Å². The molecule has 2 amide bonds. The number of hydrazine groups is 1. The monoisotopic (exact) mass is 513 g/mol. The molecule has 4 aromatic rings. The van der Waals surface area contributed by atoms with Crippen LogP contribution in [0.2, 0.25) is 0 Å². The second kappa shape index (κ2) is 10.0. The van der Waals surface area contributed by atoms with E-state index >= 15 is 0 Å². The number of carbonyl (C=O) groups excluding carboxylic acids is 2. The number of hydrogen-bond acceptors (Lipinski definition) is 5. The van der Waals surface area contributed by atoms with Crippen molar-refractivity contribution < 1.29 is 14.3 Å². The average molecular weight is 514 g/mol. The molecule has 0 radical (unpaired) electrons. The molecule has 0 saturated carbocycles. The molecule has 1 fully saturated rings. The molecule has 1 aliphatic heterocycles. The maximum Gasteiger partial charge on any atom is 0.285 e. The number of fused-ring (bicyclic) bond motifs is 1. The Morgan fingerprint density at radius 1 is 1.03 bits per heavy atom. The van der Waals surface area contributed by atoms with Crippen molar-refractivity contribution in [2.24, 2.45) is 0 Å². The van der Waals surface area contributed by atoms with Crippen LogP contribution < -0.4 is 10.2 Å². The van der Waals surface area contributed by atoms with E-state index in [-0.39, 0.29) is 10.2 Å². The molecule has 5 rings (SSSR count). The number of thiocarbonyl (C=S) groups is 1. The number of thioether (sulfide) groups is 1. The number of methoxy groups -OCH3 is 1. The summed E-state index contributed by atoms with van der Waals surface area (Å²) in [5, 5.41) is 2.19. The maximum absolute atomic E-state index is 13.2. The van der Waals surface area contributed by atoms with Gasteiger partial charge in [0, 0.05) is 34.3 Å². The number of nitrogens with zero attached hydrogens (tertiary/aromatic N) is 2. The molecule has 36 heavy (non-hydrogen) atoms. The van der Waals surface area contributed by atoms with Crippen molar-refractivity contribution in [3.8, 4) is 5.75 Å². The molecule has 6 nitrogen and oxygen atoms in total. The van der Waals surface area contributed by atoms with Crippen LogP contribution in [-0.4, -0.2) is 32.8 Å². The van der Waals surface area contributed by atoms with Gasteiger partial charge >= 0.3 is 0 Å². The first-order chi connectivity index (χ1) is 17.5. The van der Waals surface area contributed by atoms with E-state index in [2.05, 4.69) is 41.2 Å². The molecule has 1 N–H and O–H groups in total. The van der Waals surface area contributed by atoms with Crippen molar-refractivity contribution in [2.45, 2.75) is 13.5 Å². The van der Waals surface area contributed by atoms with E-state index in [0.717, 1.165) is 33.7 Å². The SMILES string of the molecule is COc1ccc(C(=O)NN2C(=O)/C(=C/c3c(C)n(Cc4ccccc4)c4ccccc34)SC2=S)cc1. The van der Waals surface area contributed by atoms with E-state index in [0.29, 0.717) is 16.2 Å². The number of aromatic nitrogens is 1. The first-order valence-electron chi connectivity index (χ1n) is 11.3.